The Hall–Kier alpha value is -2.85. The highest BCUT2D eigenvalue weighted by Crippen LogP contribution is 2.44. The molecule has 1 saturated carbocycles. The summed E-state index contributed by atoms with van der Waals surface area (Å²) in [6.07, 6.45) is 6.89. The number of fused-ring (bicyclic) bond motifs is 1. The van der Waals surface area contributed by atoms with Crippen molar-refractivity contribution in [3.63, 3.8) is 0 Å². The van der Waals surface area contributed by atoms with Gasteiger partial charge in [0.15, 0.2) is 0 Å². The van der Waals surface area contributed by atoms with Crippen molar-refractivity contribution < 1.29 is 18.7 Å². The van der Waals surface area contributed by atoms with Crippen molar-refractivity contribution in [1.29, 1.82) is 0 Å². The summed E-state index contributed by atoms with van der Waals surface area (Å²) < 4.78 is 28.7. The number of benzene rings is 1. The first-order valence-electron chi connectivity index (χ1n) is 12.6. The molecule has 1 atom stereocenters. The molecule has 3 aromatic rings. The Labute approximate surface area is 213 Å². The van der Waals surface area contributed by atoms with Crippen LogP contribution in [0.15, 0.2) is 30.7 Å². The van der Waals surface area contributed by atoms with Crippen molar-refractivity contribution in [3.05, 3.63) is 36.5 Å². The summed E-state index contributed by atoms with van der Waals surface area (Å²) in [5.74, 6) is 2.79. The molecule has 3 aliphatic rings. The van der Waals surface area contributed by atoms with E-state index < -0.39 is 0 Å². The van der Waals surface area contributed by atoms with Crippen molar-refractivity contribution in [2.45, 2.75) is 37.8 Å². The number of rotatable bonds is 6. The fourth-order valence-electron chi connectivity index (χ4n) is 5.41. The van der Waals surface area contributed by atoms with Crippen LogP contribution >= 0.6 is 11.8 Å². The van der Waals surface area contributed by atoms with Crippen LogP contribution in [0.1, 0.15) is 31.7 Å². The molecule has 2 aliphatic heterocycles. The van der Waals surface area contributed by atoms with E-state index in [2.05, 4.69) is 9.97 Å². The number of anilines is 1. The average molecular weight is 512 g/mol. The fourth-order valence-corrected chi connectivity index (χ4v) is 6.32. The van der Waals surface area contributed by atoms with Crippen LogP contribution in [0.4, 0.5) is 10.2 Å². The number of amides is 1. The van der Waals surface area contributed by atoms with Gasteiger partial charge < -0.3 is 24.7 Å². The number of nitrogens with two attached hydrogens (primary N) is 1. The number of hydrogen-bond donors (Lipinski definition) is 1. The highest BCUT2D eigenvalue weighted by molar-refractivity contribution is 7.99. The minimum atomic E-state index is -0.369. The lowest BCUT2D eigenvalue weighted by Gasteiger charge is -2.39. The molecular weight excluding hydrogens is 481 g/mol. The molecule has 2 N–H and O–H groups in total. The van der Waals surface area contributed by atoms with E-state index in [9.17, 15) is 4.79 Å². The maximum absolute atomic E-state index is 15.1. The Bertz CT molecular complexity index is 1270. The van der Waals surface area contributed by atoms with Gasteiger partial charge >= 0.3 is 0 Å². The second-order valence-corrected chi connectivity index (χ2v) is 11.0. The number of aromatic nitrogens is 3. The van der Waals surface area contributed by atoms with E-state index in [1.54, 1.807) is 12.1 Å². The van der Waals surface area contributed by atoms with E-state index in [0.717, 1.165) is 56.9 Å². The van der Waals surface area contributed by atoms with Crippen LogP contribution in [0, 0.1) is 11.7 Å². The minimum Gasteiger partial charge on any atom is -0.491 e. The molecule has 3 fully saturated rings. The second-order valence-electron chi connectivity index (χ2n) is 9.76. The van der Waals surface area contributed by atoms with Gasteiger partial charge in [-0.25, -0.2) is 14.4 Å². The summed E-state index contributed by atoms with van der Waals surface area (Å²) in [4.78, 5) is 23.6. The summed E-state index contributed by atoms with van der Waals surface area (Å²) in [7, 11) is 0. The quantitative estimate of drug-likeness (QED) is 0.536. The number of nitrogens with zero attached hydrogens (tertiary/aromatic N) is 4. The van der Waals surface area contributed by atoms with Gasteiger partial charge in [-0.15, -0.1) is 0 Å². The molecule has 1 aliphatic carbocycles. The second kappa shape index (κ2) is 9.89. The van der Waals surface area contributed by atoms with Crippen LogP contribution in [0.2, 0.25) is 0 Å². The summed E-state index contributed by atoms with van der Waals surface area (Å²) in [5.41, 5.74) is 7.95. The van der Waals surface area contributed by atoms with E-state index in [1.807, 2.05) is 27.4 Å². The lowest BCUT2D eigenvalue weighted by atomic mass is 9.79. The molecule has 2 aromatic heterocycles. The zero-order chi connectivity index (χ0) is 24.6. The first kappa shape index (κ1) is 23.5. The number of carbonyl (C=O) groups is 1. The molecule has 8 nitrogen and oxygen atoms in total. The molecule has 10 heteroatoms. The van der Waals surface area contributed by atoms with Crippen LogP contribution in [0.5, 0.6) is 5.75 Å². The standard InChI is InChI=1S/C26H30FN5O3S/c27-22-4-3-18(35-14-19-2-1-7-34-19)12-20(22)21-13-32(25-23(21)24(28)29-15-30-25)17-10-16(11-17)26(33)31-5-8-36-9-6-31/h3-4,12-13,15-17,19H,1-2,5-11,14H2,(H2,28,29,30). The fraction of sp³-hybridized carbons (Fsp3) is 0.500. The molecule has 0 bridgehead atoms. The Morgan fingerprint density at radius 3 is 2.83 bits per heavy atom. The van der Waals surface area contributed by atoms with Crippen molar-refractivity contribution in [3.8, 4) is 16.9 Å². The molecule has 1 unspecified atom stereocenters. The lowest BCUT2D eigenvalue weighted by molar-refractivity contribution is -0.139. The van der Waals surface area contributed by atoms with Crippen molar-refractivity contribution in [2.24, 2.45) is 5.92 Å². The number of nitrogen functional groups attached to an aromatic ring is 1. The maximum Gasteiger partial charge on any atom is 0.225 e. The molecule has 0 radical (unpaired) electrons. The predicted octanol–water partition coefficient (Wildman–Crippen LogP) is 3.90. The Morgan fingerprint density at radius 1 is 1.22 bits per heavy atom. The van der Waals surface area contributed by atoms with Gasteiger partial charge in [-0.3, -0.25) is 4.79 Å². The number of carbonyl (C=O) groups excluding carboxylic acids is 1. The van der Waals surface area contributed by atoms with Gasteiger partial charge in [-0.1, -0.05) is 0 Å². The number of ether oxygens (including phenoxy) is 2. The van der Waals surface area contributed by atoms with Crippen LogP contribution in [-0.4, -0.2) is 69.3 Å². The van der Waals surface area contributed by atoms with Crippen molar-refractivity contribution >= 4 is 34.5 Å². The first-order chi connectivity index (χ1) is 17.6. The third-order valence-corrected chi connectivity index (χ3v) is 8.45. The highest BCUT2D eigenvalue weighted by Gasteiger charge is 2.39. The summed E-state index contributed by atoms with van der Waals surface area (Å²) in [6.45, 7) is 2.85. The molecule has 1 amide bonds. The smallest absolute Gasteiger partial charge is 0.225 e. The predicted molar refractivity (Wildman–Crippen MR) is 137 cm³/mol. The topological polar surface area (TPSA) is 95.5 Å². The van der Waals surface area contributed by atoms with Crippen molar-refractivity contribution in [2.75, 3.05) is 43.5 Å². The van der Waals surface area contributed by atoms with Crippen molar-refractivity contribution in [1.82, 2.24) is 19.4 Å². The molecular formula is C26H30FN5O3S. The van der Waals surface area contributed by atoms with Crippen LogP contribution in [0.3, 0.4) is 0 Å². The third-order valence-electron chi connectivity index (χ3n) is 7.51. The third kappa shape index (κ3) is 4.41. The number of halogens is 1. The molecule has 4 heterocycles. The SMILES string of the molecule is Nc1ncnc2c1c(-c1cc(OCC3CCCO3)ccc1F)cn2C1CC(C(=O)N2CCSCC2)C1. The molecule has 36 heavy (non-hydrogen) atoms. The van der Waals surface area contributed by atoms with Gasteiger partial charge in [-0.2, -0.15) is 11.8 Å². The zero-order valence-corrected chi connectivity index (χ0v) is 20.9. The van der Waals surface area contributed by atoms with Crippen LogP contribution in [0.25, 0.3) is 22.2 Å². The largest absolute Gasteiger partial charge is 0.491 e. The first-order valence-corrected chi connectivity index (χ1v) is 13.8. The summed E-state index contributed by atoms with van der Waals surface area (Å²) >= 11 is 1.90. The Kier molecular flexibility index (Phi) is 6.47. The summed E-state index contributed by atoms with van der Waals surface area (Å²) in [6, 6.07) is 4.86. The average Bonchev–Trinajstić information content (AvgIpc) is 3.52. The number of thioether (sulfide) groups is 1. The maximum atomic E-state index is 15.1. The van der Waals surface area contributed by atoms with Gasteiger partial charge in [0.2, 0.25) is 5.91 Å². The van der Waals surface area contributed by atoms with Gasteiger partial charge in [-0.05, 0) is 43.9 Å². The van der Waals surface area contributed by atoms with Gasteiger partial charge in [0.25, 0.3) is 0 Å². The zero-order valence-electron chi connectivity index (χ0n) is 20.1. The van der Waals surface area contributed by atoms with Crippen LogP contribution < -0.4 is 10.5 Å². The molecule has 1 aromatic carbocycles. The minimum absolute atomic E-state index is 0.0180. The molecule has 6 rings (SSSR count). The van der Waals surface area contributed by atoms with E-state index in [4.69, 9.17) is 15.2 Å². The van der Waals surface area contributed by atoms with Crippen LogP contribution in [-0.2, 0) is 9.53 Å². The lowest BCUT2D eigenvalue weighted by Crippen LogP contribution is -2.45. The molecule has 0 spiro atoms. The van der Waals surface area contributed by atoms with Gasteiger partial charge in [0.1, 0.15) is 36.0 Å². The number of hydrogen-bond acceptors (Lipinski definition) is 7. The van der Waals surface area contributed by atoms with E-state index >= 15 is 4.39 Å². The van der Waals surface area contributed by atoms with E-state index in [1.165, 1.54) is 12.4 Å². The highest BCUT2D eigenvalue weighted by atomic mass is 32.2. The van der Waals surface area contributed by atoms with E-state index in [-0.39, 0.29) is 29.8 Å². The molecule has 2 saturated heterocycles. The monoisotopic (exact) mass is 511 g/mol. The van der Waals surface area contributed by atoms with Gasteiger partial charge in [0, 0.05) is 60.5 Å². The van der Waals surface area contributed by atoms with Gasteiger partial charge in [0.05, 0.1) is 11.5 Å². The Morgan fingerprint density at radius 2 is 2.06 bits per heavy atom. The Balaban J connectivity index is 1.27. The molecule has 190 valence electrons. The van der Waals surface area contributed by atoms with E-state index in [0.29, 0.717) is 40.3 Å². The summed E-state index contributed by atoms with van der Waals surface area (Å²) in [5, 5.41) is 0.621. The normalized spacial score (nSPS) is 24.1.